The molecule has 5 heteroatoms. The molecule has 0 amide bonds. The van der Waals surface area contributed by atoms with Crippen molar-refractivity contribution in [2.75, 3.05) is 31.7 Å². The van der Waals surface area contributed by atoms with Gasteiger partial charge in [0.05, 0.1) is 19.2 Å². The number of nitrogens with zero attached hydrogens (tertiary/aromatic N) is 3. The van der Waals surface area contributed by atoms with Gasteiger partial charge in [-0.05, 0) is 36.8 Å². The molecule has 2 aromatic heterocycles. The first-order valence-electron chi connectivity index (χ1n) is 8.55. The Bertz CT molecular complexity index is 854. The van der Waals surface area contributed by atoms with Crippen LogP contribution in [0, 0.1) is 5.92 Å². The number of aromatic nitrogens is 2. The maximum atomic E-state index is 5.83. The van der Waals surface area contributed by atoms with Crippen LogP contribution in [0.4, 0.5) is 5.69 Å². The summed E-state index contributed by atoms with van der Waals surface area (Å²) >= 11 is 0. The summed E-state index contributed by atoms with van der Waals surface area (Å²) in [6.07, 6.45) is 4.75. The van der Waals surface area contributed by atoms with Crippen LogP contribution in [0.15, 0.2) is 54.9 Å². The Labute approximate surface area is 147 Å². The first-order valence-corrected chi connectivity index (χ1v) is 8.55. The lowest BCUT2D eigenvalue weighted by molar-refractivity contribution is 0.252. The lowest BCUT2D eigenvalue weighted by atomic mass is 10.1. The molecule has 0 N–H and O–H groups in total. The summed E-state index contributed by atoms with van der Waals surface area (Å²) in [5.41, 5.74) is 2.20. The van der Waals surface area contributed by atoms with Crippen LogP contribution < -0.4 is 14.4 Å². The van der Waals surface area contributed by atoms with Gasteiger partial charge >= 0.3 is 0 Å². The van der Waals surface area contributed by atoms with Crippen molar-refractivity contribution >= 4 is 16.6 Å². The zero-order valence-corrected chi connectivity index (χ0v) is 14.3. The van der Waals surface area contributed by atoms with Gasteiger partial charge in [0.15, 0.2) is 0 Å². The highest BCUT2D eigenvalue weighted by atomic mass is 16.5. The van der Waals surface area contributed by atoms with Gasteiger partial charge in [-0.1, -0.05) is 6.07 Å². The Morgan fingerprint density at radius 3 is 2.92 bits per heavy atom. The normalized spacial score (nSPS) is 17.0. The first-order chi connectivity index (χ1) is 12.3. The summed E-state index contributed by atoms with van der Waals surface area (Å²) in [6.45, 7) is 2.69. The third-order valence-electron chi connectivity index (χ3n) is 4.66. The number of pyridine rings is 2. The van der Waals surface area contributed by atoms with Crippen LogP contribution in [0.1, 0.15) is 6.42 Å². The topological polar surface area (TPSA) is 47.5 Å². The lowest BCUT2D eigenvalue weighted by Crippen LogP contribution is -2.22. The molecule has 0 aliphatic carbocycles. The van der Waals surface area contributed by atoms with Crippen molar-refractivity contribution in [3.8, 4) is 11.6 Å². The van der Waals surface area contributed by atoms with Crippen molar-refractivity contribution in [2.45, 2.75) is 6.42 Å². The molecule has 128 valence electrons. The lowest BCUT2D eigenvalue weighted by Gasteiger charge is -2.21. The number of rotatable bonds is 5. The zero-order chi connectivity index (χ0) is 17.1. The summed E-state index contributed by atoms with van der Waals surface area (Å²) in [6, 6.07) is 13.9. The molecule has 0 bridgehead atoms. The second kappa shape index (κ2) is 6.97. The summed E-state index contributed by atoms with van der Waals surface area (Å²) in [4.78, 5) is 11.1. The van der Waals surface area contributed by atoms with Crippen molar-refractivity contribution in [1.82, 2.24) is 9.97 Å². The van der Waals surface area contributed by atoms with E-state index in [1.807, 2.05) is 36.5 Å². The Morgan fingerprint density at radius 2 is 2.08 bits per heavy atom. The number of fused-ring (bicyclic) bond motifs is 1. The van der Waals surface area contributed by atoms with Crippen LogP contribution in [0.2, 0.25) is 0 Å². The van der Waals surface area contributed by atoms with Gasteiger partial charge < -0.3 is 14.4 Å². The predicted octanol–water partition coefficient (Wildman–Crippen LogP) is 3.54. The minimum absolute atomic E-state index is 0.496. The fraction of sp³-hybridized carbons (Fsp3) is 0.300. The smallest absolute Gasteiger partial charge is 0.213 e. The molecule has 3 aromatic rings. The second-order valence-electron chi connectivity index (χ2n) is 6.29. The largest absolute Gasteiger partial charge is 0.497 e. The molecule has 1 fully saturated rings. The molecule has 1 aliphatic rings. The number of benzene rings is 1. The molecule has 1 unspecified atom stereocenters. The molecule has 1 saturated heterocycles. The minimum atomic E-state index is 0.496. The van der Waals surface area contributed by atoms with E-state index in [9.17, 15) is 0 Å². The van der Waals surface area contributed by atoms with Crippen LogP contribution in [0.3, 0.4) is 0 Å². The van der Waals surface area contributed by atoms with E-state index in [2.05, 4.69) is 27.0 Å². The average Bonchev–Trinajstić information content (AvgIpc) is 3.15. The molecule has 3 heterocycles. The van der Waals surface area contributed by atoms with Gasteiger partial charge in [0.1, 0.15) is 5.75 Å². The van der Waals surface area contributed by atoms with E-state index in [0.29, 0.717) is 18.4 Å². The Balaban J connectivity index is 1.49. The first kappa shape index (κ1) is 15.7. The van der Waals surface area contributed by atoms with E-state index in [1.54, 1.807) is 13.3 Å². The molecular formula is C20H21N3O2. The molecule has 0 spiro atoms. The Kier molecular flexibility index (Phi) is 4.37. The molecule has 4 rings (SSSR count). The van der Waals surface area contributed by atoms with Gasteiger partial charge in [-0.3, -0.25) is 4.98 Å². The average molecular weight is 335 g/mol. The highest BCUT2D eigenvalue weighted by Crippen LogP contribution is 2.32. The molecule has 0 saturated carbocycles. The summed E-state index contributed by atoms with van der Waals surface area (Å²) < 4.78 is 11.2. The van der Waals surface area contributed by atoms with Crippen LogP contribution in [-0.2, 0) is 0 Å². The van der Waals surface area contributed by atoms with Crippen molar-refractivity contribution in [2.24, 2.45) is 5.92 Å². The van der Waals surface area contributed by atoms with Crippen LogP contribution in [-0.4, -0.2) is 36.8 Å². The van der Waals surface area contributed by atoms with Gasteiger partial charge in [-0.2, -0.15) is 0 Å². The highest BCUT2D eigenvalue weighted by molar-refractivity contribution is 5.92. The van der Waals surface area contributed by atoms with Crippen LogP contribution in [0.5, 0.6) is 11.6 Å². The number of anilines is 1. The fourth-order valence-corrected chi connectivity index (χ4v) is 3.34. The quantitative estimate of drug-likeness (QED) is 0.714. The van der Waals surface area contributed by atoms with Crippen LogP contribution in [0.25, 0.3) is 10.9 Å². The summed E-state index contributed by atoms with van der Waals surface area (Å²) in [7, 11) is 1.69. The van der Waals surface area contributed by atoms with Gasteiger partial charge in [0.25, 0.3) is 0 Å². The van der Waals surface area contributed by atoms with Gasteiger partial charge in [0, 0.05) is 48.5 Å². The summed E-state index contributed by atoms with van der Waals surface area (Å²) in [5.74, 6) is 2.05. The Morgan fingerprint density at radius 1 is 1.12 bits per heavy atom. The maximum absolute atomic E-state index is 5.83. The minimum Gasteiger partial charge on any atom is -0.497 e. The number of methoxy groups -OCH3 is 1. The van der Waals surface area contributed by atoms with E-state index in [1.165, 1.54) is 5.69 Å². The highest BCUT2D eigenvalue weighted by Gasteiger charge is 2.24. The predicted molar refractivity (Wildman–Crippen MR) is 98.3 cm³/mol. The Hall–Kier alpha value is -2.82. The number of hydrogen-bond donors (Lipinski definition) is 0. The van der Waals surface area contributed by atoms with E-state index in [-0.39, 0.29) is 0 Å². The monoisotopic (exact) mass is 335 g/mol. The molecule has 5 nitrogen and oxygen atoms in total. The standard InChI is InChI=1S/C20H21N3O2/c1-24-16-5-6-18-17(12-16)19(7-10-21-18)23-11-8-15(13-23)14-25-20-4-2-3-9-22-20/h2-7,9-10,12,15H,8,11,13-14H2,1H3. The van der Waals surface area contributed by atoms with Gasteiger partial charge in [-0.25, -0.2) is 4.98 Å². The second-order valence-corrected chi connectivity index (χ2v) is 6.29. The zero-order valence-electron chi connectivity index (χ0n) is 14.3. The third-order valence-corrected chi connectivity index (χ3v) is 4.66. The van der Waals surface area contributed by atoms with E-state index < -0.39 is 0 Å². The number of hydrogen-bond acceptors (Lipinski definition) is 5. The van der Waals surface area contributed by atoms with Crippen molar-refractivity contribution in [1.29, 1.82) is 0 Å². The number of ether oxygens (including phenoxy) is 2. The molecule has 0 radical (unpaired) electrons. The van der Waals surface area contributed by atoms with E-state index in [0.717, 1.165) is 36.2 Å². The third kappa shape index (κ3) is 3.36. The van der Waals surface area contributed by atoms with Crippen molar-refractivity contribution < 1.29 is 9.47 Å². The molecule has 25 heavy (non-hydrogen) atoms. The molecule has 1 aliphatic heterocycles. The van der Waals surface area contributed by atoms with E-state index in [4.69, 9.17) is 9.47 Å². The van der Waals surface area contributed by atoms with Gasteiger partial charge in [-0.15, -0.1) is 0 Å². The summed E-state index contributed by atoms with van der Waals surface area (Å²) in [5, 5.41) is 1.13. The van der Waals surface area contributed by atoms with Gasteiger partial charge in [0.2, 0.25) is 5.88 Å². The molecule has 1 aromatic carbocycles. The molecular weight excluding hydrogens is 314 g/mol. The fourth-order valence-electron chi connectivity index (χ4n) is 3.34. The van der Waals surface area contributed by atoms with Crippen molar-refractivity contribution in [3.63, 3.8) is 0 Å². The molecule has 1 atom stereocenters. The van der Waals surface area contributed by atoms with Crippen LogP contribution >= 0.6 is 0 Å². The maximum Gasteiger partial charge on any atom is 0.213 e. The van der Waals surface area contributed by atoms with E-state index >= 15 is 0 Å². The SMILES string of the molecule is COc1ccc2nccc(N3CCC(COc4ccccn4)C3)c2c1. The van der Waals surface area contributed by atoms with Crippen molar-refractivity contribution in [3.05, 3.63) is 54.9 Å².